The molecule has 2 rings (SSSR count). The first kappa shape index (κ1) is 21.3. The van der Waals surface area contributed by atoms with E-state index < -0.39 is 14.9 Å². The smallest absolute Gasteiger partial charge is 0.272 e. The average molecular weight is 397 g/mol. The van der Waals surface area contributed by atoms with Crippen molar-refractivity contribution >= 4 is 27.1 Å². The van der Waals surface area contributed by atoms with Gasteiger partial charge in [0.25, 0.3) is 5.69 Å². The summed E-state index contributed by atoms with van der Waals surface area (Å²) >= 11 is 0. The van der Waals surface area contributed by atoms with E-state index in [9.17, 15) is 18.5 Å². The minimum Gasteiger partial charge on any atom is -0.272 e. The van der Waals surface area contributed by atoms with E-state index in [-0.39, 0.29) is 16.3 Å². The normalized spacial score (nSPS) is 17.4. The Labute approximate surface area is 160 Å². The number of anilines is 1. The summed E-state index contributed by atoms with van der Waals surface area (Å²) in [5.41, 5.74) is 3.56. The molecule has 27 heavy (non-hydrogen) atoms. The number of nitrogens with two attached hydrogens (primary N) is 1. The molecule has 0 bridgehead atoms. The molecule has 0 atom stereocenters. The molecule has 1 fully saturated rings. The van der Waals surface area contributed by atoms with Crippen molar-refractivity contribution < 1.29 is 13.3 Å². The molecule has 0 radical (unpaired) electrons. The fourth-order valence-electron chi connectivity index (χ4n) is 3.21. The van der Waals surface area contributed by atoms with E-state index in [4.69, 9.17) is 5.14 Å². The third-order valence-electron chi connectivity index (χ3n) is 4.76. The Morgan fingerprint density at radius 1 is 0.963 bits per heavy atom. The molecular weight excluding hydrogens is 368 g/mol. The number of rotatable bonds is 4. The molecule has 1 aromatic rings. The molecule has 0 amide bonds. The van der Waals surface area contributed by atoms with Gasteiger partial charge in [-0.1, -0.05) is 44.9 Å². The number of benzene rings is 1. The van der Waals surface area contributed by atoms with Gasteiger partial charge < -0.3 is 0 Å². The number of hydrazone groups is 1. The number of nitrogens with zero attached hydrogens (tertiary/aromatic N) is 2. The van der Waals surface area contributed by atoms with Crippen LogP contribution in [0.3, 0.4) is 0 Å². The molecule has 1 aromatic carbocycles. The topological polar surface area (TPSA) is 128 Å². The van der Waals surface area contributed by atoms with Crippen LogP contribution in [0, 0.1) is 10.1 Å². The number of nitrogens with one attached hydrogen (secondary N) is 1. The third-order valence-corrected chi connectivity index (χ3v) is 5.67. The van der Waals surface area contributed by atoms with Crippen molar-refractivity contribution in [3.63, 3.8) is 0 Å². The summed E-state index contributed by atoms with van der Waals surface area (Å²) in [7, 11) is -4.00. The molecule has 0 spiro atoms. The Balaban J connectivity index is 2.13. The predicted molar refractivity (Wildman–Crippen MR) is 106 cm³/mol. The molecule has 0 aliphatic heterocycles. The molecule has 1 aliphatic rings. The van der Waals surface area contributed by atoms with Crippen molar-refractivity contribution in [3.05, 3.63) is 28.3 Å². The van der Waals surface area contributed by atoms with E-state index in [2.05, 4.69) is 10.5 Å². The monoisotopic (exact) mass is 396 g/mol. The molecule has 1 aliphatic carbocycles. The molecule has 3 N–H and O–H groups in total. The second-order valence-electron chi connectivity index (χ2n) is 6.95. The van der Waals surface area contributed by atoms with Crippen molar-refractivity contribution in [1.29, 1.82) is 0 Å². The largest absolute Gasteiger partial charge is 0.295 e. The molecule has 0 saturated heterocycles. The van der Waals surface area contributed by atoms with E-state index >= 15 is 0 Å². The molecule has 0 aromatic heterocycles. The maximum atomic E-state index is 11.4. The minimum absolute atomic E-state index is 0.158. The van der Waals surface area contributed by atoms with Gasteiger partial charge in [0.2, 0.25) is 10.0 Å². The van der Waals surface area contributed by atoms with Crippen LogP contribution in [-0.2, 0) is 10.0 Å². The Hall–Kier alpha value is -2.00. The van der Waals surface area contributed by atoms with Crippen LogP contribution in [0.25, 0.3) is 0 Å². The lowest BCUT2D eigenvalue weighted by Gasteiger charge is -2.10. The maximum absolute atomic E-state index is 11.4. The number of hydrogen-bond donors (Lipinski definition) is 2. The van der Waals surface area contributed by atoms with E-state index in [0.717, 1.165) is 37.5 Å². The third kappa shape index (κ3) is 7.26. The van der Waals surface area contributed by atoms with Gasteiger partial charge in [0.05, 0.1) is 9.82 Å². The van der Waals surface area contributed by atoms with Gasteiger partial charge in [-0.15, -0.1) is 0 Å². The maximum Gasteiger partial charge on any atom is 0.295 e. The summed E-state index contributed by atoms with van der Waals surface area (Å²) in [6.45, 7) is 0. The van der Waals surface area contributed by atoms with Crippen LogP contribution in [0.1, 0.15) is 70.6 Å². The number of nitro groups is 1. The van der Waals surface area contributed by atoms with Crippen LogP contribution < -0.4 is 10.6 Å². The predicted octanol–water partition coefficient (Wildman–Crippen LogP) is 4.31. The van der Waals surface area contributed by atoms with Gasteiger partial charge in [0.15, 0.2) is 0 Å². The number of nitro benzene ring substituents is 1. The first-order valence-corrected chi connectivity index (χ1v) is 11.1. The summed E-state index contributed by atoms with van der Waals surface area (Å²) in [4.78, 5) is 10.4. The van der Waals surface area contributed by atoms with Crippen molar-refractivity contribution in [3.8, 4) is 0 Å². The fraction of sp³-hybridized carbons (Fsp3) is 0.611. The average Bonchev–Trinajstić information content (AvgIpc) is 2.60. The highest BCUT2D eigenvalue weighted by molar-refractivity contribution is 7.89. The van der Waals surface area contributed by atoms with Crippen LogP contribution in [-0.4, -0.2) is 19.1 Å². The molecule has 0 unspecified atom stereocenters. The molecule has 9 heteroatoms. The zero-order chi connectivity index (χ0) is 19.7. The number of hydrogen-bond acceptors (Lipinski definition) is 6. The van der Waals surface area contributed by atoms with Gasteiger partial charge in [-0.25, -0.2) is 13.6 Å². The summed E-state index contributed by atoms with van der Waals surface area (Å²) in [6, 6.07) is 3.53. The standard InChI is InChI=1S/C18H28N4O4S/c19-27(25,26)16-12-13-17(18(14-16)22(23)24)21-20-15-10-8-6-4-2-1-3-5-7-9-11-15/h12-14,21H,1-11H2,(H2,19,25,26). The van der Waals surface area contributed by atoms with E-state index in [1.54, 1.807) is 0 Å². The lowest BCUT2D eigenvalue weighted by molar-refractivity contribution is -0.384. The molecular formula is C18H28N4O4S. The van der Waals surface area contributed by atoms with Crippen LogP contribution in [0.15, 0.2) is 28.2 Å². The second-order valence-corrected chi connectivity index (χ2v) is 8.51. The molecule has 8 nitrogen and oxygen atoms in total. The van der Waals surface area contributed by atoms with Gasteiger partial charge in [0.1, 0.15) is 5.69 Å². The van der Waals surface area contributed by atoms with E-state index in [1.165, 1.54) is 57.1 Å². The molecule has 0 heterocycles. The quantitative estimate of drug-likeness (QED) is 0.579. The van der Waals surface area contributed by atoms with Crippen LogP contribution in [0.2, 0.25) is 0 Å². The van der Waals surface area contributed by atoms with Crippen molar-refractivity contribution in [2.75, 3.05) is 5.43 Å². The summed E-state index contributed by atoms with van der Waals surface area (Å²) in [5, 5.41) is 20.7. The van der Waals surface area contributed by atoms with Crippen LogP contribution in [0.4, 0.5) is 11.4 Å². The van der Waals surface area contributed by atoms with Gasteiger partial charge in [-0.3, -0.25) is 15.5 Å². The van der Waals surface area contributed by atoms with Gasteiger partial charge in [-0.2, -0.15) is 5.10 Å². The minimum atomic E-state index is -4.00. The first-order chi connectivity index (χ1) is 12.9. The lowest BCUT2D eigenvalue weighted by atomic mass is 10.00. The summed E-state index contributed by atoms with van der Waals surface area (Å²) in [6.07, 6.45) is 12.6. The van der Waals surface area contributed by atoms with Gasteiger partial charge in [-0.05, 0) is 37.8 Å². The summed E-state index contributed by atoms with van der Waals surface area (Å²) < 4.78 is 22.8. The van der Waals surface area contributed by atoms with Crippen molar-refractivity contribution in [1.82, 2.24) is 0 Å². The zero-order valence-corrected chi connectivity index (χ0v) is 16.3. The fourth-order valence-corrected chi connectivity index (χ4v) is 3.74. The van der Waals surface area contributed by atoms with Crippen molar-refractivity contribution in [2.24, 2.45) is 10.2 Å². The van der Waals surface area contributed by atoms with Crippen LogP contribution in [0.5, 0.6) is 0 Å². The number of sulfonamides is 1. The van der Waals surface area contributed by atoms with Gasteiger partial charge in [0, 0.05) is 11.8 Å². The number of primary sulfonamides is 1. The Morgan fingerprint density at radius 3 is 1.96 bits per heavy atom. The zero-order valence-electron chi connectivity index (χ0n) is 15.5. The van der Waals surface area contributed by atoms with Crippen molar-refractivity contribution in [2.45, 2.75) is 75.5 Å². The van der Waals surface area contributed by atoms with Gasteiger partial charge >= 0.3 is 0 Å². The second kappa shape index (κ2) is 10.4. The highest BCUT2D eigenvalue weighted by atomic mass is 32.2. The Kier molecular flexibility index (Phi) is 8.18. The first-order valence-electron chi connectivity index (χ1n) is 9.50. The Bertz CT molecular complexity index is 764. The molecule has 150 valence electrons. The SMILES string of the molecule is NS(=O)(=O)c1ccc(NN=C2CCCCCCCCCCC2)c([N+](=O)[O-])c1. The Morgan fingerprint density at radius 2 is 1.48 bits per heavy atom. The highest BCUT2D eigenvalue weighted by Gasteiger charge is 2.19. The lowest BCUT2D eigenvalue weighted by Crippen LogP contribution is -2.12. The summed E-state index contributed by atoms with van der Waals surface area (Å²) in [5.74, 6) is 0. The van der Waals surface area contributed by atoms with Crippen LogP contribution >= 0.6 is 0 Å². The van der Waals surface area contributed by atoms with E-state index in [1.807, 2.05) is 0 Å². The van der Waals surface area contributed by atoms with E-state index in [0.29, 0.717) is 0 Å². The molecule has 1 saturated carbocycles. The highest BCUT2D eigenvalue weighted by Crippen LogP contribution is 2.27.